The fourth-order valence-electron chi connectivity index (χ4n) is 2.71. The summed E-state index contributed by atoms with van der Waals surface area (Å²) in [6.07, 6.45) is 0. The molecule has 1 N–H and O–H groups in total. The molecule has 0 bridgehead atoms. The van der Waals surface area contributed by atoms with Gasteiger partial charge in [-0.25, -0.2) is 0 Å². The SMILES string of the molecule is CC(C)(O)CN1CCN(CC(F)(F)c2ccccc2)CC1. The maximum Gasteiger partial charge on any atom is 0.285 e. The predicted octanol–water partition coefficient (Wildman–Crippen LogP) is 2.17. The van der Waals surface area contributed by atoms with Crippen LogP contribution in [-0.2, 0) is 5.92 Å². The number of rotatable bonds is 5. The van der Waals surface area contributed by atoms with E-state index in [4.69, 9.17) is 0 Å². The Balaban J connectivity index is 1.86. The fourth-order valence-corrected chi connectivity index (χ4v) is 2.71. The van der Waals surface area contributed by atoms with Crippen molar-refractivity contribution in [1.29, 1.82) is 0 Å². The van der Waals surface area contributed by atoms with Crippen LogP contribution in [0.1, 0.15) is 19.4 Å². The van der Waals surface area contributed by atoms with Gasteiger partial charge in [0.25, 0.3) is 5.92 Å². The van der Waals surface area contributed by atoms with E-state index in [9.17, 15) is 13.9 Å². The molecule has 0 spiro atoms. The van der Waals surface area contributed by atoms with Crippen LogP contribution in [0.4, 0.5) is 8.78 Å². The lowest BCUT2D eigenvalue weighted by atomic mass is 10.1. The van der Waals surface area contributed by atoms with Gasteiger partial charge in [-0.2, -0.15) is 8.78 Å². The van der Waals surface area contributed by atoms with Crippen LogP contribution in [0.3, 0.4) is 0 Å². The second-order valence-electron chi connectivity index (χ2n) is 6.44. The van der Waals surface area contributed by atoms with E-state index >= 15 is 0 Å². The van der Waals surface area contributed by atoms with Gasteiger partial charge in [-0.3, -0.25) is 9.80 Å². The lowest BCUT2D eigenvalue weighted by molar-refractivity contribution is -0.0528. The molecule has 0 radical (unpaired) electrons. The predicted molar refractivity (Wildman–Crippen MR) is 79.5 cm³/mol. The molecule has 21 heavy (non-hydrogen) atoms. The van der Waals surface area contributed by atoms with Crippen molar-refractivity contribution in [3.63, 3.8) is 0 Å². The summed E-state index contributed by atoms with van der Waals surface area (Å²) in [6.45, 7) is 6.52. The van der Waals surface area contributed by atoms with Crippen molar-refractivity contribution in [1.82, 2.24) is 9.80 Å². The third-order valence-corrected chi connectivity index (χ3v) is 3.69. The average Bonchev–Trinajstić information content (AvgIpc) is 2.40. The summed E-state index contributed by atoms with van der Waals surface area (Å²) in [5, 5.41) is 9.80. The molecule has 0 saturated carbocycles. The van der Waals surface area contributed by atoms with Crippen molar-refractivity contribution >= 4 is 0 Å². The first kappa shape index (κ1) is 16.3. The van der Waals surface area contributed by atoms with Crippen LogP contribution < -0.4 is 0 Å². The number of aliphatic hydroxyl groups is 1. The Morgan fingerprint density at radius 1 is 0.952 bits per heavy atom. The van der Waals surface area contributed by atoms with Gasteiger partial charge < -0.3 is 5.11 Å². The van der Waals surface area contributed by atoms with Crippen molar-refractivity contribution in [3.05, 3.63) is 35.9 Å². The first-order valence-corrected chi connectivity index (χ1v) is 7.37. The van der Waals surface area contributed by atoms with Gasteiger partial charge in [-0.15, -0.1) is 0 Å². The van der Waals surface area contributed by atoms with Crippen molar-refractivity contribution in [2.45, 2.75) is 25.4 Å². The molecule has 0 amide bonds. The molecule has 1 aliphatic heterocycles. The summed E-state index contributed by atoms with van der Waals surface area (Å²) in [6, 6.07) is 7.99. The van der Waals surface area contributed by atoms with Gasteiger partial charge >= 0.3 is 0 Å². The number of piperazine rings is 1. The van der Waals surface area contributed by atoms with Crippen LogP contribution in [0.2, 0.25) is 0 Å². The minimum absolute atomic E-state index is 0.0731. The quantitative estimate of drug-likeness (QED) is 0.902. The molecule has 5 heteroatoms. The molecule has 0 aliphatic carbocycles. The second kappa shape index (κ2) is 6.38. The molecule has 1 saturated heterocycles. The van der Waals surface area contributed by atoms with Crippen LogP contribution in [0.15, 0.2) is 30.3 Å². The molecule has 1 aliphatic rings. The molecule has 1 heterocycles. The molecule has 2 rings (SSSR count). The van der Waals surface area contributed by atoms with Crippen molar-refractivity contribution < 1.29 is 13.9 Å². The van der Waals surface area contributed by atoms with Crippen LogP contribution in [0, 0.1) is 0 Å². The zero-order chi connectivity index (χ0) is 15.5. The Labute approximate surface area is 125 Å². The molecular formula is C16H24F2N2O. The van der Waals surface area contributed by atoms with E-state index in [1.54, 1.807) is 36.9 Å². The van der Waals surface area contributed by atoms with Gasteiger partial charge in [0.15, 0.2) is 0 Å². The minimum atomic E-state index is -2.82. The largest absolute Gasteiger partial charge is 0.389 e. The molecule has 1 fully saturated rings. The van der Waals surface area contributed by atoms with Gasteiger partial charge in [0.2, 0.25) is 0 Å². The van der Waals surface area contributed by atoms with Gasteiger partial charge in [-0.05, 0) is 13.8 Å². The third kappa shape index (κ3) is 5.02. The van der Waals surface area contributed by atoms with Gasteiger partial charge in [0.1, 0.15) is 0 Å². The number of β-amino-alcohol motifs (C(OH)–C–C–N with tert-alkyl or cyclic N) is 1. The monoisotopic (exact) mass is 298 g/mol. The minimum Gasteiger partial charge on any atom is -0.389 e. The summed E-state index contributed by atoms with van der Waals surface area (Å²) < 4.78 is 28.4. The van der Waals surface area contributed by atoms with Gasteiger partial charge in [0, 0.05) is 38.3 Å². The van der Waals surface area contributed by atoms with Crippen LogP contribution in [0.25, 0.3) is 0 Å². The Morgan fingerprint density at radius 2 is 1.43 bits per heavy atom. The number of hydrogen-bond donors (Lipinski definition) is 1. The molecule has 1 aromatic rings. The standard InChI is InChI=1S/C16H24F2N2O/c1-15(2,21)12-19-8-10-20(11-9-19)13-16(17,18)14-6-4-3-5-7-14/h3-7,21H,8-13H2,1-2H3. The van der Waals surface area contributed by atoms with Gasteiger partial charge in [-0.1, -0.05) is 30.3 Å². The first-order chi connectivity index (χ1) is 9.76. The van der Waals surface area contributed by atoms with E-state index in [0.29, 0.717) is 19.6 Å². The summed E-state index contributed by atoms with van der Waals surface area (Å²) in [4.78, 5) is 3.92. The maximum absolute atomic E-state index is 14.2. The lowest BCUT2D eigenvalue weighted by Gasteiger charge is -2.38. The molecular weight excluding hydrogens is 274 g/mol. The number of hydrogen-bond acceptors (Lipinski definition) is 3. The molecule has 0 aromatic heterocycles. The van der Waals surface area contributed by atoms with E-state index in [0.717, 1.165) is 13.1 Å². The highest BCUT2D eigenvalue weighted by atomic mass is 19.3. The Hall–Kier alpha value is -1.04. The fraction of sp³-hybridized carbons (Fsp3) is 0.625. The Kier molecular flexibility index (Phi) is 4.96. The molecule has 0 unspecified atom stereocenters. The van der Waals surface area contributed by atoms with E-state index in [2.05, 4.69) is 4.90 Å². The number of halogens is 2. The van der Waals surface area contributed by atoms with Gasteiger partial charge in [0.05, 0.1) is 12.1 Å². The highest BCUT2D eigenvalue weighted by Gasteiger charge is 2.35. The van der Waals surface area contributed by atoms with Crippen LogP contribution >= 0.6 is 0 Å². The van der Waals surface area contributed by atoms with Crippen LogP contribution in [-0.4, -0.2) is 59.8 Å². The highest BCUT2D eigenvalue weighted by molar-refractivity contribution is 5.20. The Bertz CT molecular complexity index is 437. The summed E-state index contributed by atoms with van der Waals surface area (Å²) >= 11 is 0. The maximum atomic E-state index is 14.2. The zero-order valence-electron chi connectivity index (χ0n) is 12.7. The first-order valence-electron chi connectivity index (χ1n) is 7.37. The van der Waals surface area contributed by atoms with Crippen molar-refractivity contribution in [2.24, 2.45) is 0 Å². The van der Waals surface area contributed by atoms with Crippen LogP contribution in [0.5, 0.6) is 0 Å². The lowest BCUT2D eigenvalue weighted by Crippen LogP contribution is -2.52. The van der Waals surface area contributed by atoms with Crippen molar-refractivity contribution in [3.8, 4) is 0 Å². The van der Waals surface area contributed by atoms with E-state index in [-0.39, 0.29) is 12.1 Å². The van der Waals surface area contributed by atoms with Crippen molar-refractivity contribution in [2.75, 3.05) is 39.3 Å². The molecule has 3 nitrogen and oxygen atoms in total. The number of benzene rings is 1. The smallest absolute Gasteiger partial charge is 0.285 e. The number of nitrogens with zero attached hydrogens (tertiary/aromatic N) is 2. The normalized spacial score (nSPS) is 18.9. The number of alkyl halides is 2. The molecule has 1 aromatic carbocycles. The summed E-state index contributed by atoms with van der Waals surface area (Å²) in [5.41, 5.74) is -0.667. The van der Waals surface area contributed by atoms with E-state index in [1.165, 1.54) is 12.1 Å². The molecule has 118 valence electrons. The summed E-state index contributed by atoms with van der Waals surface area (Å²) in [7, 11) is 0. The zero-order valence-corrected chi connectivity index (χ0v) is 12.7. The van der Waals surface area contributed by atoms with E-state index < -0.39 is 11.5 Å². The summed E-state index contributed by atoms with van der Waals surface area (Å²) in [5.74, 6) is -2.82. The van der Waals surface area contributed by atoms with E-state index in [1.807, 2.05) is 0 Å². The Morgan fingerprint density at radius 3 is 1.90 bits per heavy atom. The third-order valence-electron chi connectivity index (χ3n) is 3.69. The topological polar surface area (TPSA) is 26.7 Å². The average molecular weight is 298 g/mol. The molecule has 0 atom stereocenters. The highest BCUT2D eigenvalue weighted by Crippen LogP contribution is 2.29. The second-order valence-corrected chi connectivity index (χ2v) is 6.44.